The van der Waals surface area contributed by atoms with Crippen LogP contribution in [0.2, 0.25) is 0 Å². The summed E-state index contributed by atoms with van der Waals surface area (Å²) in [6, 6.07) is 11.3. The van der Waals surface area contributed by atoms with Crippen LogP contribution in [-0.4, -0.2) is 19.6 Å². The Morgan fingerprint density at radius 1 is 1.29 bits per heavy atom. The topological polar surface area (TPSA) is 64.3 Å². The van der Waals surface area contributed by atoms with Crippen molar-refractivity contribution >= 4 is 11.6 Å². The van der Waals surface area contributed by atoms with Gasteiger partial charge in [0.2, 0.25) is 0 Å². The molecular formula is C16H17FN2O2. The average Bonchev–Trinajstić information content (AvgIpc) is 2.49. The lowest BCUT2D eigenvalue weighted by Gasteiger charge is -2.08. The van der Waals surface area contributed by atoms with Gasteiger partial charge in [0.25, 0.3) is 5.91 Å². The zero-order chi connectivity index (χ0) is 15.2. The first-order valence-electron chi connectivity index (χ1n) is 6.56. The van der Waals surface area contributed by atoms with Crippen molar-refractivity contribution in [3.8, 4) is 5.75 Å². The quantitative estimate of drug-likeness (QED) is 0.830. The number of nitrogens with two attached hydrogens (primary N) is 1. The third-order valence-electron chi connectivity index (χ3n) is 3.09. The molecule has 0 saturated carbocycles. The molecule has 2 rings (SSSR count). The van der Waals surface area contributed by atoms with Crippen molar-refractivity contribution < 1.29 is 13.9 Å². The Kier molecular flexibility index (Phi) is 4.77. The number of carbonyl (C=O) groups excluding carboxylic acids is 1. The van der Waals surface area contributed by atoms with E-state index in [2.05, 4.69) is 5.32 Å². The summed E-state index contributed by atoms with van der Waals surface area (Å²) < 4.78 is 18.3. The lowest BCUT2D eigenvalue weighted by Crippen LogP contribution is -2.26. The predicted octanol–water partition coefficient (Wildman–Crippen LogP) is 2.39. The highest BCUT2D eigenvalue weighted by Crippen LogP contribution is 2.14. The van der Waals surface area contributed by atoms with Gasteiger partial charge in [-0.3, -0.25) is 4.79 Å². The summed E-state index contributed by atoms with van der Waals surface area (Å²) in [6.07, 6.45) is 0.651. The molecule has 4 nitrogen and oxygen atoms in total. The van der Waals surface area contributed by atoms with Crippen molar-refractivity contribution in [1.82, 2.24) is 5.32 Å². The number of nitrogen functional groups attached to an aromatic ring is 1. The van der Waals surface area contributed by atoms with E-state index in [0.717, 1.165) is 17.4 Å². The van der Waals surface area contributed by atoms with Crippen LogP contribution in [0.15, 0.2) is 42.5 Å². The molecule has 0 unspecified atom stereocenters. The maximum Gasteiger partial charge on any atom is 0.253 e. The summed E-state index contributed by atoms with van der Waals surface area (Å²) in [6.45, 7) is 0.432. The fourth-order valence-electron chi connectivity index (χ4n) is 1.97. The summed E-state index contributed by atoms with van der Waals surface area (Å²) in [4.78, 5) is 11.9. The van der Waals surface area contributed by atoms with Gasteiger partial charge in [0.1, 0.15) is 11.6 Å². The summed E-state index contributed by atoms with van der Waals surface area (Å²) >= 11 is 0. The maximum atomic E-state index is 13.1. The SMILES string of the molecule is COc1cccc(CCNC(=O)c2cc(F)ccc2N)c1. The van der Waals surface area contributed by atoms with Crippen molar-refractivity contribution in [3.63, 3.8) is 0 Å². The fourth-order valence-corrected chi connectivity index (χ4v) is 1.97. The first-order chi connectivity index (χ1) is 10.1. The van der Waals surface area contributed by atoms with Crippen LogP contribution in [0.5, 0.6) is 5.75 Å². The van der Waals surface area contributed by atoms with E-state index in [0.29, 0.717) is 13.0 Å². The molecule has 0 spiro atoms. The number of nitrogens with one attached hydrogen (secondary N) is 1. The molecule has 0 saturated heterocycles. The molecule has 2 aromatic rings. The van der Waals surface area contributed by atoms with Crippen molar-refractivity contribution in [2.45, 2.75) is 6.42 Å². The molecule has 110 valence electrons. The molecule has 5 heteroatoms. The summed E-state index contributed by atoms with van der Waals surface area (Å²) in [7, 11) is 1.60. The maximum absolute atomic E-state index is 13.1. The number of methoxy groups -OCH3 is 1. The molecule has 0 radical (unpaired) electrons. The van der Waals surface area contributed by atoms with Gasteiger partial charge in [-0.1, -0.05) is 12.1 Å². The number of benzene rings is 2. The number of halogens is 1. The first kappa shape index (κ1) is 14.8. The molecule has 0 aliphatic carbocycles. The number of rotatable bonds is 5. The Labute approximate surface area is 122 Å². The fraction of sp³-hybridized carbons (Fsp3) is 0.188. The van der Waals surface area contributed by atoms with E-state index < -0.39 is 5.82 Å². The van der Waals surface area contributed by atoms with Crippen LogP contribution in [-0.2, 0) is 6.42 Å². The number of hydrogen-bond acceptors (Lipinski definition) is 3. The largest absolute Gasteiger partial charge is 0.497 e. The van der Waals surface area contributed by atoms with Gasteiger partial charge in [-0.25, -0.2) is 4.39 Å². The smallest absolute Gasteiger partial charge is 0.253 e. The van der Waals surface area contributed by atoms with E-state index in [1.165, 1.54) is 12.1 Å². The van der Waals surface area contributed by atoms with E-state index in [1.54, 1.807) is 7.11 Å². The van der Waals surface area contributed by atoms with Crippen molar-refractivity contribution in [2.24, 2.45) is 0 Å². The Hall–Kier alpha value is -2.56. The Morgan fingerprint density at radius 3 is 2.86 bits per heavy atom. The Bertz CT molecular complexity index is 644. The zero-order valence-electron chi connectivity index (χ0n) is 11.7. The first-order valence-corrected chi connectivity index (χ1v) is 6.56. The third kappa shape index (κ3) is 3.95. The highest BCUT2D eigenvalue weighted by molar-refractivity contribution is 5.99. The summed E-state index contributed by atoms with van der Waals surface area (Å²) in [5.74, 6) is -0.0924. The molecule has 21 heavy (non-hydrogen) atoms. The van der Waals surface area contributed by atoms with Crippen LogP contribution in [0.3, 0.4) is 0 Å². The van der Waals surface area contributed by atoms with Gasteiger partial charge in [0, 0.05) is 12.2 Å². The normalized spacial score (nSPS) is 10.2. The van der Waals surface area contributed by atoms with Crippen molar-refractivity contribution in [3.05, 3.63) is 59.4 Å². The minimum absolute atomic E-state index is 0.153. The van der Waals surface area contributed by atoms with Gasteiger partial charge in [-0.05, 0) is 42.3 Å². The molecular weight excluding hydrogens is 271 g/mol. The molecule has 0 aromatic heterocycles. The monoisotopic (exact) mass is 288 g/mol. The molecule has 1 amide bonds. The number of ether oxygens (including phenoxy) is 1. The molecule has 0 bridgehead atoms. The third-order valence-corrected chi connectivity index (χ3v) is 3.09. The molecule has 0 fully saturated rings. The van der Waals surface area contributed by atoms with Crippen LogP contribution in [0, 0.1) is 5.82 Å². The minimum atomic E-state index is -0.484. The molecule has 0 atom stereocenters. The van der Waals surface area contributed by atoms with E-state index in [9.17, 15) is 9.18 Å². The molecule has 2 aromatic carbocycles. The van der Waals surface area contributed by atoms with Crippen LogP contribution < -0.4 is 15.8 Å². The van der Waals surface area contributed by atoms with E-state index in [1.807, 2.05) is 24.3 Å². The van der Waals surface area contributed by atoms with Gasteiger partial charge >= 0.3 is 0 Å². The van der Waals surface area contributed by atoms with E-state index >= 15 is 0 Å². The van der Waals surface area contributed by atoms with Crippen molar-refractivity contribution in [1.29, 1.82) is 0 Å². The lowest BCUT2D eigenvalue weighted by atomic mass is 10.1. The second-order valence-electron chi connectivity index (χ2n) is 4.59. The van der Waals surface area contributed by atoms with Crippen molar-refractivity contribution in [2.75, 3.05) is 19.4 Å². The van der Waals surface area contributed by atoms with Gasteiger partial charge in [-0.2, -0.15) is 0 Å². The molecule has 3 N–H and O–H groups in total. The molecule has 0 aliphatic heterocycles. The number of anilines is 1. The zero-order valence-corrected chi connectivity index (χ0v) is 11.7. The van der Waals surface area contributed by atoms with Crippen LogP contribution in [0.4, 0.5) is 10.1 Å². The van der Waals surface area contributed by atoms with Gasteiger partial charge in [0.05, 0.1) is 12.7 Å². The number of amides is 1. The number of carbonyl (C=O) groups is 1. The van der Waals surface area contributed by atoms with Gasteiger partial charge in [-0.15, -0.1) is 0 Å². The summed E-state index contributed by atoms with van der Waals surface area (Å²) in [5, 5.41) is 2.73. The Morgan fingerprint density at radius 2 is 2.10 bits per heavy atom. The molecule has 0 heterocycles. The number of hydrogen-bond donors (Lipinski definition) is 2. The lowest BCUT2D eigenvalue weighted by molar-refractivity contribution is 0.0954. The second-order valence-corrected chi connectivity index (χ2v) is 4.59. The highest BCUT2D eigenvalue weighted by atomic mass is 19.1. The molecule has 0 aliphatic rings. The minimum Gasteiger partial charge on any atom is -0.497 e. The van der Waals surface area contributed by atoms with E-state index in [4.69, 9.17) is 10.5 Å². The highest BCUT2D eigenvalue weighted by Gasteiger charge is 2.10. The van der Waals surface area contributed by atoms with Crippen LogP contribution in [0.25, 0.3) is 0 Å². The van der Waals surface area contributed by atoms with Crippen LogP contribution >= 0.6 is 0 Å². The summed E-state index contributed by atoms with van der Waals surface area (Å²) in [5.41, 5.74) is 7.12. The standard InChI is InChI=1S/C16H17FN2O2/c1-21-13-4-2-3-11(9-13)7-8-19-16(20)14-10-12(17)5-6-15(14)18/h2-6,9-10H,7-8,18H2,1H3,(H,19,20). The average molecular weight is 288 g/mol. The van der Waals surface area contributed by atoms with Gasteiger partial charge in [0.15, 0.2) is 0 Å². The predicted molar refractivity (Wildman–Crippen MR) is 79.8 cm³/mol. The van der Waals surface area contributed by atoms with E-state index in [-0.39, 0.29) is 17.2 Å². The Balaban J connectivity index is 1.93. The second kappa shape index (κ2) is 6.74. The van der Waals surface area contributed by atoms with Gasteiger partial charge < -0.3 is 15.8 Å². The van der Waals surface area contributed by atoms with Crippen LogP contribution in [0.1, 0.15) is 15.9 Å².